The molecular formula is C16H30O3Si. The Morgan fingerprint density at radius 3 is 2.35 bits per heavy atom. The highest BCUT2D eigenvalue weighted by molar-refractivity contribution is 6.74. The summed E-state index contributed by atoms with van der Waals surface area (Å²) in [6.07, 6.45) is 3.96. The van der Waals surface area contributed by atoms with Gasteiger partial charge in [0.25, 0.3) is 0 Å². The molecule has 2 saturated carbocycles. The minimum absolute atomic E-state index is 0.0422. The zero-order chi connectivity index (χ0) is 15.4. The molecule has 0 aromatic rings. The van der Waals surface area contributed by atoms with Gasteiger partial charge in [0.1, 0.15) is 0 Å². The summed E-state index contributed by atoms with van der Waals surface area (Å²) in [5.74, 6) is 0.0303. The lowest BCUT2D eigenvalue weighted by Crippen LogP contribution is -2.47. The number of rotatable bonds is 3. The number of hydrogen-bond acceptors (Lipinski definition) is 3. The van der Waals surface area contributed by atoms with Crippen molar-refractivity contribution in [2.75, 3.05) is 7.11 Å². The lowest BCUT2D eigenvalue weighted by Gasteiger charge is -2.43. The number of esters is 1. The highest BCUT2D eigenvalue weighted by Crippen LogP contribution is 2.69. The fraction of sp³-hybridized carbons (Fsp3) is 0.938. The molecule has 0 radical (unpaired) electrons. The van der Waals surface area contributed by atoms with Gasteiger partial charge in [0.05, 0.1) is 18.6 Å². The van der Waals surface area contributed by atoms with Crippen LogP contribution in [-0.2, 0) is 14.0 Å². The van der Waals surface area contributed by atoms with E-state index in [4.69, 9.17) is 9.16 Å². The van der Waals surface area contributed by atoms with E-state index in [1.54, 1.807) is 0 Å². The smallest absolute Gasteiger partial charge is 0.308 e. The molecule has 0 bridgehead atoms. The number of ether oxygens (including phenoxy) is 1. The van der Waals surface area contributed by atoms with Crippen LogP contribution in [0.4, 0.5) is 0 Å². The van der Waals surface area contributed by atoms with Crippen LogP contribution in [0, 0.1) is 11.3 Å². The van der Waals surface area contributed by atoms with Gasteiger partial charge < -0.3 is 9.16 Å². The third-order valence-corrected chi connectivity index (χ3v) is 10.5. The summed E-state index contributed by atoms with van der Waals surface area (Å²) in [7, 11) is -0.252. The molecule has 0 heterocycles. The number of carbonyl (C=O) groups is 1. The Morgan fingerprint density at radius 2 is 1.90 bits per heavy atom. The van der Waals surface area contributed by atoms with Crippen molar-refractivity contribution in [2.24, 2.45) is 11.3 Å². The first-order chi connectivity index (χ1) is 8.96. The molecule has 2 aliphatic rings. The normalized spacial score (nSPS) is 37.2. The van der Waals surface area contributed by atoms with E-state index < -0.39 is 8.32 Å². The molecule has 0 aromatic heterocycles. The first-order valence-electron chi connectivity index (χ1n) is 7.74. The highest BCUT2D eigenvalue weighted by Gasteiger charge is 2.69. The average Bonchev–Trinajstić information content (AvgIpc) is 2.89. The van der Waals surface area contributed by atoms with Crippen molar-refractivity contribution in [3.05, 3.63) is 0 Å². The second-order valence-electron chi connectivity index (χ2n) is 8.56. The third kappa shape index (κ3) is 2.45. The molecule has 3 nitrogen and oxygen atoms in total. The Labute approximate surface area is 124 Å². The van der Waals surface area contributed by atoms with E-state index in [-0.39, 0.29) is 27.9 Å². The summed E-state index contributed by atoms with van der Waals surface area (Å²) in [6.45, 7) is 13.8. The summed E-state index contributed by atoms with van der Waals surface area (Å²) >= 11 is 0. The zero-order valence-corrected chi connectivity index (χ0v) is 15.1. The topological polar surface area (TPSA) is 35.5 Å². The minimum Gasteiger partial charge on any atom is -0.469 e. The Balaban J connectivity index is 2.09. The van der Waals surface area contributed by atoms with Gasteiger partial charge in [-0.25, -0.2) is 0 Å². The Bertz CT molecular complexity index is 412. The molecule has 0 amide bonds. The maximum absolute atomic E-state index is 11.8. The molecule has 116 valence electrons. The quantitative estimate of drug-likeness (QED) is 0.580. The molecule has 4 heteroatoms. The summed E-state index contributed by atoms with van der Waals surface area (Å²) in [5, 5.41) is 0.241. The van der Waals surface area contributed by atoms with Gasteiger partial charge in [-0.05, 0) is 49.2 Å². The summed E-state index contributed by atoms with van der Waals surface area (Å²) in [4.78, 5) is 11.8. The molecule has 2 aliphatic carbocycles. The fourth-order valence-electron chi connectivity index (χ4n) is 3.51. The molecule has 0 spiro atoms. The Morgan fingerprint density at radius 1 is 1.30 bits per heavy atom. The number of hydrogen-bond donors (Lipinski definition) is 0. The lowest BCUT2D eigenvalue weighted by molar-refractivity contribution is -0.148. The number of methoxy groups -OCH3 is 1. The van der Waals surface area contributed by atoms with Crippen molar-refractivity contribution in [1.82, 2.24) is 0 Å². The van der Waals surface area contributed by atoms with Gasteiger partial charge in [-0.3, -0.25) is 4.79 Å². The van der Waals surface area contributed by atoms with Gasteiger partial charge >= 0.3 is 5.97 Å². The molecule has 0 saturated heterocycles. The molecule has 20 heavy (non-hydrogen) atoms. The Kier molecular flexibility index (Phi) is 3.66. The van der Waals surface area contributed by atoms with E-state index >= 15 is 0 Å². The fourth-order valence-corrected chi connectivity index (χ4v) is 5.21. The van der Waals surface area contributed by atoms with Crippen LogP contribution in [0.25, 0.3) is 0 Å². The highest BCUT2D eigenvalue weighted by atomic mass is 28.4. The predicted molar refractivity (Wildman–Crippen MR) is 83.1 cm³/mol. The van der Waals surface area contributed by atoms with E-state index in [2.05, 4.69) is 40.8 Å². The zero-order valence-electron chi connectivity index (χ0n) is 14.1. The van der Waals surface area contributed by atoms with Crippen LogP contribution in [0.15, 0.2) is 0 Å². The molecule has 3 atom stereocenters. The van der Waals surface area contributed by atoms with Crippen LogP contribution in [0.3, 0.4) is 0 Å². The number of fused-ring (bicyclic) bond motifs is 1. The molecule has 0 aromatic carbocycles. The van der Waals surface area contributed by atoms with Gasteiger partial charge in [0.15, 0.2) is 8.32 Å². The molecule has 0 aliphatic heterocycles. The van der Waals surface area contributed by atoms with Gasteiger partial charge in [-0.1, -0.05) is 27.7 Å². The Hall–Kier alpha value is -0.353. The molecule has 0 N–H and O–H groups in total. The molecular weight excluding hydrogens is 268 g/mol. The van der Waals surface area contributed by atoms with Gasteiger partial charge in [-0.15, -0.1) is 0 Å². The molecule has 3 unspecified atom stereocenters. The van der Waals surface area contributed by atoms with Gasteiger partial charge in [-0.2, -0.15) is 0 Å². The average molecular weight is 298 g/mol. The first-order valence-corrected chi connectivity index (χ1v) is 10.7. The number of carbonyl (C=O) groups excluding carboxylic acids is 1. The predicted octanol–water partition coefficient (Wildman–Crippen LogP) is 4.13. The maximum atomic E-state index is 11.8. The van der Waals surface area contributed by atoms with E-state index in [0.717, 1.165) is 25.7 Å². The van der Waals surface area contributed by atoms with Gasteiger partial charge in [0.2, 0.25) is 0 Å². The summed E-state index contributed by atoms with van der Waals surface area (Å²) in [6, 6.07) is 0. The van der Waals surface area contributed by atoms with E-state index in [0.29, 0.717) is 0 Å². The minimum atomic E-state index is -1.74. The van der Waals surface area contributed by atoms with Crippen LogP contribution in [0.1, 0.15) is 53.4 Å². The second kappa shape index (κ2) is 4.57. The van der Waals surface area contributed by atoms with Crippen molar-refractivity contribution in [2.45, 2.75) is 77.1 Å². The first kappa shape index (κ1) is 16.0. The second-order valence-corrected chi connectivity index (χ2v) is 13.3. The van der Waals surface area contributed by atoms with Crippen molar-refractivity contribution < 1.29 is 14.0 Å². The van der Waals surface area contributed by atoms with Crippen molar-refractivity contribution in [3.63, 3.8) is 0 Å². The lowest BCUT2D eigenvalue weighted by atomic mass is 9.80. The summed E-state index contributed by atoms with van der Waals surface area (Å²) in [5.41, 5.74) is 0.222. The van der Waals surface area contributed by atoms with Gasteiger partial charge in [0, 0.05) is 0 Å². The molecule has 2 fully saturated rings. The van der Waals surface area contributed by atoms with Crippen molar-refractivity contribution in [1.29, 1.82) is 0 Å². The van der Waals surface area contributed by atoms with Crippen LogP contribution < -0.4 is 0 Å². The largest absolute Gasteiger partial charge is 0.469 e. The van der Waals surface area contributed by atoms with Crippen molar-refractivity contribution >= 4 is 14.3 Å². The van der Waals surface area contributed by atoms with Crippen LogP contribution in [0.2, 0.25) is 18.1 Å². The van der Waals surface area contributed by atoms with Crippen LogP contribution in [0.5, 0.6) is 0 Å². The SMILES string of the molecule is COC(=O)C1CCC2(O[Si](C)(C)C(C)(C)C)CC2(C)C1. The maximum Gasteiger partial charge on any atom is 0.308 e. The van der Waals surface area contributed by atoms with Crippen LogP contribution >= 0.6 is 0 Å². The van der Waals surface area contributed by atoms with Crippen LogP contribution in [-0.4, -0.2) is 27.0 Å². The third-order valence-electron chi connectivity index (χ3n) is 6.04. The van der Waals surface area contributed by atoms with Crippen molar-refractivity contribution in [3.8, 4) is 0 Å². The van der Waals surface area contributed by atoms with E-state index in [9.17, 15) is 4.79 Å². The molecule has 2 rings (SSSR count). The van der Waals surface area contributed by atoms with E-state index in [1.807, 2.05) is 0 Å². The summed E-state index contributed by atoms with van der Waals surface area (Å²) < 4.78 is 11.7. The van der Waals surface area contributed by atoms with E-state index in [1.165, 1.54) is 7.11 Å². The monoisotopic (exact) mass is 298 g/mol. The standard InChI is InChI=1S/C16H30O3Si/c1-14(2,3)20(6,7)19-16-9-8-12(13(17)18-5)10-15(16,4)11-16/h12H,8-11H2,1-7H3.